The number of phenolic OH excluding ortho intramolecular Hbond substituents is 1. The summed E-state index contributed by atoms with van der Waals surface area (Å²) < 4.78 is 0. The normalized spacial score (nSPS) is 13.9. The average Bonchev–Trinajstić information content (AvgIpc) is 3.86. The fourth-order valence-electron chi connectivity index (χ4n) is 7.62. The second-order valence-electron chi connectivity index (χ2n) is 18.2. The number of hydrogen-bond acceptors (Lipinski definition) is 12. The Morgan fingerprint density at radius 2 is 1.26 bits per heavy atom. The standard InChI is InChI=1S/C49H74N14O9/c1-7-8-15-37(45(69)61-39(25-33-26-54-28-57-33)47(71)62(5)30(4)42(66)58-36(16-12-21-55-49(52)53)44(68)56-27-41(51)65)59-46(70)40(22-29(2)3)63(6)48(72)38(24-31-13-10-9-11-14-31)60-43(67)35(50)23-32-17-19-34(64)20-18-32/h9-11,13-14,17-20,26,28-30,35-40,64H,7-8,12,15-16,21-25,27,50H2,1-6H3,(H2,51,65)(H,54,57)(H,56,68)(H,58,66)(H,59,70)(H,60,67)(H,61,69)(H4,52,53,55)/t30-,35-,36-,37-,38-,39-,40-/m0/s1. The van der Waals surface area contributed by atoms with Crippen LogP contribution in [-0.4, -0.2) is 148 Å². The van der Waals surface area contributed by atoms with E-state index >= 15 is 0 Å². The summed E-state index contributed by atoms with van der Waals surface area (Å²) >= 11 is 0. The molecule has 0 aliphatic carbocycles. The predicted octanol–water partition coefficient (Wildman–Crippen LogP) is -0.815. The van der Waals surface area contributed by atoms with E-state index in [4.69, 9.17) is 22.6 Å². The number of primary amides is 1. The minimum Gasteiger partial charge on any atom is -0.508 e. The number of H-pyrrole nitrogens is 1. The van der Waals surface area contributed by atoms with Crippen molar-refractivity contribution in [2.24, 2.45) is 23.1 Å². The van der Waals surface area contributed by atoms with Crippen LogP contribution in [-0.2, 0) is 57.6 Å². The number of guanidine groups is 1. The average molecular weight is 1000 g/mol. The molecule has 0 radical (unpaired) electrons. The number of carbonyl (C=O) groups is 8. The molecule has 1 heterocycles. The van der Waals surface area contributed by atoms with E-state index in [2.05, 4.69) is 41.9 Å². The number of unbranched alkanes of at least 4 members (excludes halogenated alkanes) is 1. The summed E-state index contributed by atoms with van der Waals surface area (Å²) in [5.74, 6) is -5.83. The molecule has 0 fully saturated rings. The Labute approximate surface area is 420 Å². The highest BCUT2D eigenvalue weighted by atomic mass is 16.3. The third-order valence-electron chi connectivity index (χ3n) is 11.9. The summed E-state index contributed by atoms with van der Waals surface area (Å²) in [5, 5.41) is 33.1. The molecule has 394 valence electrons. The first-order valence-electron chi connectivity index (χ1n) is 24.0. The molecule has 7 atom stereocenters. The Hall–Kier alpha value is -7.56. The molecule has 23 nitrogen and oxygen atoms in total. The molecule has 1 aromatic heterocycles. The Kier molecular flexibility index (Phi) is 24.1. The zero-order valence-electron chi connectivity index (χ0n) is 42.0. The van der Waals surface area contributed by atoms with Gasteiger partial charge in [-0.05, 0) is 68.2 Å². The Balaban J connectivity index is 1.87. The first-order valence-corrected chi connectivity index (χ1v) is 24.0. The van der Waals surface area contributed by atoms with Crippen LogP contribution in [0.2, 0.25) is 0 Å². The van der Waals surface area contributed by atoms with Gasteiger partial charge in [0.15, 0.2) is 5.96 Å². The van der Waals surface area contributed by atoms with Crippen LogP contribution in [0.5, 0.6) is 5.75 Å². The Morgan fingerprint density at radius 3 is 1.86 bits per heavy atom. The van der Waals surface area contributed by atoms with Gasteiger partial charge in [-0.3, -0.25) is 43.8 Å². The molecule has 3 rings (SSSR count). The molecule has 0 saturated carbocycles. The van der Waals surface area contributed by atoms with Gasteiger partial charge in [0, 0.05) is 39.7 Å². The number of nitrogens with two attached hydrogens (primary N) is 3. The minimum absolute atomic E-state index is 0.0572. The predicted molar refractivity (Wildman–Crippen MR) is 269 cm³/mol. The highest BCUT2D eigenvalue weighted by Gasteiger charge is 2.37. The fraction of sp³-hybridized carbons (Fsp3) is 0.510. The molecule has 0 saturated heterocycles. The number of aromatic nitrogens is 2. The quantitative estimate of drug-likeness (QED) is 0.0221. The summed E-state index contributed by atoms with van der Waals surface area (Å²) in [7, 11) is 2.82. The van der Waals surface area contributed by atoms with Gasteiger partial charge in [-0.2, -0.15) is 0 Å². The molecular formula is C49H74N14O9. The topological polar surface area (TPSA) is 366 Å². The summed E-state index contributed by atoms with van der Waals surface area (Å²) in [6.07, 6.45) is 4.82. The second-order valence-corrected chi connectivity index (χ2v) is 18.2. The lowest BCUT2D eigenvalue weighted by Gasteiger charge is -2.33. The van der Waals surface area contributed by atoms with Gasteiger partial charge in [-0.15, -0.1) is 0 Å². The maximum absolute atomic E-state index is 14.5. The Bertz CT molecular complexity index is 2260. The van der Waals surface area contributed by atoms with Crippen molar-refractivity contribution in [3.05, 3.63) is 83.9 Å². The van der Waals surface area contributed by atoms with Crippen LogP contribution in [0.25, 0.3) is 0 Å². The third kappa shape index (κ3) is 19.7. The smallest absolute Gasteiger partial charge is 0.245 e. The lowest BCUT2D eigenvalue weighted by Crippen LogP contribution is -2.60. The summed E-state index contributed by atoms with van der Waals surface area (Å²) in [5.41, 5.74) is 18.7. The molecule has 0 spiro atoms. The third-order valence-corrected chi connectivity index (χ3v) is 11.9. The number of amides is 8. The fourth-order valence-corrected chi connectivity index (χ4v) is 7.62. The highest BCUT2D eigenvalue weighted by molar-refractivity contribution is 5.97. The van der Waals surface area contributed by atoms with E-state index in [1.807, 2.05) is 39.0 Å². The number of phenols is 1. The zero-order chi connectivity index (χ0) is 53.5. The summed E-state index contributed by atoms with van der Waals surface area (Å²) in [6, 6.07) is 7.09. The van der Waals surface area contributed by atoms with Crippen molar-refractivity contribution in [3.8, 4) is 5.75 Å². The summed E-state index contributed by atoms with van der Waals surface area (Å²) in [4.78, 5) is 119. The molecule has 3 aromatic rings. The van der Waals surface area contributed by atoms with Crippen molar-refractivity contribution in [1.29, 1.82) is 5.41 Å². The van der Waals surface area contributed by atoms with Crippen molar-refractivity contribution in [2.45, 2.75) is 128 Å². The van der Waals surface area contributed by atoms with Crippen LogP contribution < -0.4 is 49.1 Å². The van der Waals surface area contributed by atoms with Gasteiger partial charge in [-0.25, -0.2) is 4.98 Å². The van der Waals surface area contributed by atoms with E-state index in [0.29, 0.717) is 24.1 Å². The Morgan fingerprint density at radius 1 is 0.694 bits per heavy atom. The largest absolute Gasteiger partial charge is 0.508 e. The molecule has 23 heteroatoms. The van der Waals surface area contributed by atoms with Gasteiger partial charge in [0.25, 0.3) is 0 Å². The molecule has 15 N–H and O–H groups in total. The number of rotatable bonds is 30. The zero-order valence-corrected chi connectivity index (χ0v) is 42.0. The number of nitrogens with one attached hydrogen (secondary N) is 8. The van der Waals surface area contributed by atoms with Gasteiger partial charge >= 0.3 is 0 Å². The maximum Gasteiger partial charge on any atom is 0.245 e. The minimum atomic E-state index is -1.31. The van der Waals surface area contributed by atoms with Crippen molar-refractivity contribution in [2.75, 3.05) is 27.2 Å². The molecule has 0 aliphatic rings. The van der Waals surface area contributed by atoms with Crippen molar-refractivity contribution in [1.82, 2.24) is 51.7 Å². The van der Waals surface area contributed by atoms with E-state index in [0.717, 1.165) is 10.5 Å². The van der Waals surface area contributed by atoms with Gasteiger partial charge in [0.1, 0.15) is 42.0 Å². The van der Waals surface area contributed by atoms with E-state index in [1.165, 1.54) is 50.6 Å². The van der Waals surface area contributed by atoms with Gasteiger partial charge in [0.2, 0.25) is 47.3 Å². The van der Waals surface area contributed by atoms with E-state index in [9.17, 15) is 43.5 Å². The van der Waals surface area contributed by atoms with Crippen molar-refractivity contribution < 1.29 is 43.5 Å². The van der Waals surface area contributed by atoms with Crippen LogP contribution in [0.1, 0.15) is 83.0 Å². The number of benzene rings is 2. The second kappa shape index (κ2) is 29.6. The van der Waals surface area contributed by atoms with Crippen LogP contribution in [0.4, 0.5) is 0 Å². The first kappa shape index (κ1) is 58.8. The molecule has 0 bridgehead atoms. The SMILES string of the molecule is CCCC[C@H](NC(=O)[C@H](CC(C)C)N(C)C(=O)[C@H](Cc1ccccc1)NC(=O)[C@@H](N)Cc1ccc(O)cc1)C(=O)N[C@@H](Cc1c[nH]cn1)C(=O)N(C)[C@@H](C)C(=O)N[C@@H](CCCNC(=N)N)C(=O)NCC(N)=O. The highest BCUT2D eigenvalue weighted by Crippen LogP contribution is 2.17. The van der Waals surface area contributed by atoms with E-state index in [-0.39, 0.29) is 69.1 Å². The first-order chi connectivity index (χ1) is 34.1. The van der Waals surface area contributed by atoms with Crippen molar-refractivity contribution in [3.63, 3.8) is 0 Å². The lowest BCUT2D eigenvalue weighted by molar-refractivity contribution is -0.144. The molecule has 2 aromatic carbocycles. The number of aromatic amines is 1. The summed E-state index contributed by atoms with van der Waals surface area (Å²) in [6.45, 7) is 6.80. The molecule has 0 aliphatic heterocycles. The number of carbonyl (C=O) groups excluding carboxylic acids is 8. The van der Waals surface area contributed by atoms with Gasteiger partial charge < -0.3 is 69.0 Å². The van der Waals surface area contributed by atoms with Gasteiger partial charge in [-0.1, -0.05) is 76.1 Å². The van der Waals surface area contributed by atoms with Crippen LogP contribution in [0, 0.1) is 11.3 Å². The number of nitrogens with zero attached hydrogens (tertiary/aromatic N) is 3. The molecule has 8 amide bonds. The van der Waals surface area contributed by atoms with E-state index < -0.39 is 96.1 Å². The van der Waals surface area contributed by atoms with Crippen LogP contribution >= 0.6 is 0 Å². The molecule has 72 heavy (non-hydrogen) atoms. The molecular weight excluding hydrogens is 929 g/mol. The monoisotopic (exact) mass is 1000 g/mol. The van der Waals surface area contributed by atoms with Crippen LogP contribution in [0.3, 0.4) is 0 Å². The van der Waals surface area contributed by atoms with Crippen LogP contribution in [0.15, 0.2) is 67.1 Å². The number of imidazole rings is 1. The number of hydrogen-bond donors (Lipinski definition) is 12. The molecule has 0 unspecified atom stereocenters. The number of aromatic hydroxyl groups is 1. The maximum atomic E-state index is 14.5. The number of likely N-dealkylation sites (N-methyl/N-ethyl adjacent to an activating group) is 2. The van der Waals surface area contributed by atoms with Gasteiger partial charge in [0.05, 0.1) is 24.6 Å². The van der Waals surface area contributed by atoms with Crippen molar-refractivity contribution >= 4 is 53.2 Å². The lowest BCUT2D eigenvalue weighted by atomic mass is 9.98. The van der Waals surface area contributed by atoms with E-state index in [1.54, 1.807) is 24.3 Å².